The predicted molar refractivity (Wildman–Crippen MR) is 96.8 cm³/mol. The van der Waals surface area contributed by atoms with E-state index in [1.54, 1.807) is 0 Å². The van der Waals surface area contributed by atoms with E-state index in [4.69, 9.17) is 15.5 Å². The molecule has 1 aliphatic rings. The van der Waals surface area contributed by atoms with Gasteiger partial charge in [0.1, 0.15) is 0 Å². The molecule has 2 atom stereocenters. The highest BCUT2D eigenvalue weighted by Gasteiger charge is 2.39. The molecule has 1 fully saturated rings. The summed E-state index contributed by atoms with van der Waals surface area (Å²) in [6.07, 6.45) is 4.50. The van der Waals surface area contributed by atoms with Gasteiger partial charge in [-0.05, 0) is 56.1 Å². The summed E-state index contributed by atoms with van der Waals surface area (Å²) >= 11 is 0. The first-order chi connectivity index (χ1) is 12.3. The Labute approximate surface area is 151 Å². The number of aliphatic carboxylic acids is 2. The molecule has 1 aromatic carbocycles. The lowest BCUT2D eigenvalue weighted by Gasteiger charge is -2.08. The fourth-order valence-corrected chi connectivity index (χ4v) is 2.96. The zero-order valence-corrected chi connectivity index (χ0v) is 14.6. The zero-order valence-electron chi connectivity index (χ0n) is 14.6. The number of aromatic nitrogens is 1. The van der Waals surface area contributed by atoms with Crippen LogP contribution in [0.2, 0.25) is 0 Å². The van der Waals surface area contributed by atoms with Crippen molar-refractivity contribution in [2.45, 2.75) is 12.3 Å². The molecule has 3 rings (SSSR count). The predicted octanol–water partition coefficient (Wildman–Crippen LogP) is 2.42. The number of hydrogen-bond donors (Lipinski definition) is 3. The van der Waals surface area contributed by atoms with Crippen LogP contribution in [0.5, 0.6) is 0 Å². The number of nitrogens with one attached hydrogen (secondary N) is 1. The lowest BCUT2D eigenvalue weighted by atomic mass is 10.1. The number of carboxylic acids is 2. The number of benzene rings is 1. The summed E-state index contributed by atoms with van der Waals surface area (Å²) in [4.78, 5) is 24.7. The topological polar surface area (TPSA) is 117 Å². The van der Waals surface area contributed by atoms with Crippen LogP contribution in [0.4, 0.5) is 0 Å². The van der Waals surface area contributed by atoms with Crippen molar-refractivity contribution in [3.05, 3.63) is 47.7 Å². The van der Waals surface area contributed by atoms with Crippen LogP contribution in [0.25, 0.3) is 10.9 Å². The van der Waals surface area contributed by atoms with Gasteiger partial charge in [-0.1, -0.05) is 0 Å². The second-order valence-electron chi connectivity index (χ2n) is 6.49. The average Bonchev–Trinajstić information content (AvgIpc) is 3.19. The van der Waals surface area contributed by atoms with Crippen LogP contribution >= 0.6 is 0 Å². The number of carboxylic acid groups (broad SMARTS) is 2. The molecule has 26 heavy (non-hydrogen) atoms. The summed E-state index contributed by atoms with van der Waals surface area (Å²) in [6, 6.07) is 8.09. The largest absolute Gasteiger partial charge is 0.478 e. The van der Waals surface area contributed by atoms with Crippen molar-refractivity contribution in [1.82, 2.24) is 9.88 Å². The maximum Gasteiger partial charge on any atom is 0.328 e. The molecule has 0 saturated heterocycles. The van der Waals surface area contributed by atoms with E-state index in [0.717, 1.165) is 23.5 Å². The average molecular weight is 355 g/mol. The van der Waals surface area contributed by atoms with Gasteiger partial charge < -0.3 is 20.1 Å². The fraction of sp³-hybridized carbons (Fsp3) is 0.316. The van der Waals surface area contributed by atoms with Crippen LogP contribution < -0.4 is 0 Å². The number of nitrogens with zero attached hydrogens (tertiary/aromatic N) is 2. The van der Waals surface area contributed by atoms with E-state index < -0.39 is 11.9 Å². The van der Waals surface area contributed by atoms with Gasteiger partial charge in [0, 0.05) is 35.8 Å². The van der Waals surface area contributed by atoms with Crippen LogP contribution in [-0.2, 0) is 9.59 Å². The van der Waals surface area contributed by atoms with Crippen LogP contribution in [-0.4, -0.2) is 52.7 Å². The molecule has 0 aliphatic heterocycles. The second kappa shape index (κ2) is 8.32. The van der Waals surface area contributed by atoms with Gasteiger partial charge in [0.05, 0.1) is 11.6 Å². The molecule has 1 saturated carbocycles. The maximum atomic E-state index is 9.55. The molecule has 1 heterocycles. The van der Waals surface area contributed by atoms with Crippen molar-refractivity contribution in [1.29, 1.82) is 5.26 Å². The van der Waals surface area contributed by atoms with E-state index in [2.05, 4.69) is 36.2 Å². The lowest BCUT2D eigenvalue weighted by molar-refractivity contribution is -0.134. The third kappa shape index (κ3) is 5.19. The second-order valence-corrected chi connectivity index (χ2v) is 6.49. The third-order valence-electron chi connectivity index (χ3n) is 4.13. The molecule has 2 aromatic rings. The summed E-state index contributed by atoms with van der Waals surface area (Å²) < 4.78 is 0. The fourth-order valence-electron chi connectivity index (χ4n) is 2.96. The number of aromatic amines is 1. The zero-order chi connectivity index (χ0) is 19.3. The number of carbonyl (C=O) groups is 2. The quantitative estimate of drug-likeness (QED) is 0.709. The van der Waals surface area contributed by atoms with Gasteiger partial charge in [0.2, 0.25) is 0 Å². The normalized spacial score (nSPS) is 18.4. The van der Waals surface area contributed by atoms with Gasteiger partial charge in [0.15, 0.2) is 0 Å². The van der Waals surface area contributed by atoms with Crippen molar-refractivity contribution in [3.8, 4) is 6.07 Å². The first-order valence-electron chi connectivity index (χ1n) is 8.11. The Bertz CT molecular complexity index is 861. The molecule has 0 amide bonds. The smallest absolute Gasteiger partial charge is 0.328 e. The molecule has 136 valence electrons. The standard InChI is InChI=1S/C15H17N3.C4H4O4/c1-18(2)9-11-6-12(11)14-8-17-15-4-3-10(7-16)5-13(14)15;5-3(6)1-2-4(7)8/h3-5,8,11-12,17H,6,9H2,1-2H3;1-2H,(H,5,6)(H,7,8)/b;2-1-/t11-,12+;/m0./s1. The molecule has 1 aliphatic carbocycles. The van der Waals surface area contributed by atoms with Crippen molar-refractivity contribution in [2.75, 3.05) is 20.6 Å². The number of H-pyrrole nitrogens is 1. The molecule has 0 radical (unpaired) electrons. The Morgan fingerprint density at radius 2 is 1.96 bits per heavy atom. The highest BCUT2D eigenvalue weighted by atomic mass is 16.4. The molecule has 0 spiro atoms. The Morgan fingerprint density at radius 1 is 1.31 bits per heavy atom. The molecular formula is C19H21N3O4. The number of rotatable bonds is 5. The van der Waals surface area contributed by atoms with Gasteiger partial charge in [-0.15, -0.1) is 0 Å². The summed E-state index contributed by atoms with van der Waals surface area (Å²) in [5, 5.41) is 25.8. The van der Waals surface area contributed by atoms with Gasteiger partial charge in [-0.3, -0.25) is 0 Å². The maximum absolute atomic E-state index is 9.55. The van der Waals surface area contributed by atoms with Crippen LogP contribution in [0.3, 0.4) is 0 Å². The summed E-state index contributed by atoms with van der Waals surface area (Å²) in [7, 11) is 4.25. The van der Waals surface area contributed by atoms with Crippen molar-refractivity contribution in [3.63, 3.8) is 0 Å². The van der Waals surface area contributed by atoms with Gasteiger partial charge in [0.25, 0.3) is 0 Å². The number of fused-ring (bicyclic) bond motifs is 1. The molecule has 0 unspecified atom stereocenters. The summed E-state index contributed by atoms with van der Waals surface area (Å²) in [5.74, 6) is -1.08. The molecular weight excluding hydrogens is 334 g/mol. The first kappa shape index (κ1) is 19.2. The monoisotopic (exact) mass is 355 g/mol. The Balaban J connectivity index is 0.000000260. The minimum absolute atomic E-state index is 0.558. The Hall–Kier alpha value is -3.11. The Kier molecular flexibility index (Phi) is 6.15. The van der Waals surface area contributed by atoms with E-state index in [0.29, 0.717) is 18.1 Å². The minimum Gasteiger partial charge on any atom is -0.478 e. The van der Waals surface area contributed by atoms with Crippen molar-refractivity contribution >= 4 is 22.8 Å². The SMILES string of the molecule is CN(C)C[C@@H]1C[C@H]1c1c[nH]c2ccc(C#N)cc12.O=C(O)/C=C\C(=O)O. The lowest BCUT2D eigenvalue weighted by Crippen LogP contribution is -2.15. The van der Waals surface area contributed by atoms with E-state index in [1.165, 1.54) is 17.4 Å². The molecule has 7 nitrogen and oxygen atoms in total. The highest BCUT2D eigenvalue weighted by molar-refractivity contribution is 5.89. The van der Waals surface area contributed by atoms with Crippen molar-refractivity contribution < 1.29 is 19.8 Å². The molecule has 1 aromatic heterocycles. The summed E-state index contributed by atoms with van der Waals surface area (Å²) in [5.41, 5.74) is 3.27. The first-order valence-corrected chi connectivity index (χ1v) is 8.11. The van der Waals surface area contributed by atoms with Gasteiger partial charge >= 0.3 is 11.9 Å². The Morgan fingerprint density at radius 3 is 2.50 bits per heavy atom. The van der Waals surface area contributed by atoms with Crippen molar-refractivity contribution in [2.24, 2.45) is 5.92 Å². The van der Waals surface area contributed by atoms with E-state index >= 15 is 0 Å². The van der Waals surface area contributed by atoms with Gasteiger partial charge in [-0.25, -0.2) is 9.59 Å². The van der Waals surface area contributed by atoms with Crippen LogP contribution in [0, 0.1) is 17.2 Å². The molecule has 3 N–H and O–H groups in total. The number of hydrogen-bond acceptors (Lipinski definition) is 4. The van der Waals surface area contributed by atoms with Crippen LogP contribution in [0.15, 0.2) is 36.5 Å². The molecule has 7 heteroatoms. The van der Waals surface area contributed by atoms with E-state index in [1.807, 2.05) is 18.2 Å². The minimum atomic E-state index is -1.26. The summed E-state index contributed by atoms with van der Waals surface area (Å²) in [6.45, 7) is 1.15. The van der Waals surface area contributed by atoms with E-state index in [-0.39, 0.29) is 0 Å². The van der Waals surface area contributed by atoms with Gasteiger partial charge in [-0.2, -0.15) is 5.26 Å². The number of nitriles is 1. The third-order valence-corrected chi connectivity index (χ3v) is 4.13. The molecule has 0 bridgehead atoms. The highest BCUT2D eigenvalue weighted by Crippen LogP contribution is 2.49. The van der Waals surface area contributed by atoms with Crippen LogP contribution in [0.1, 0.15) is 23.5 Å². The van der Waals surface area contributed by atoms with E-state index in [9.17, 15) is 9.59 Å².